The molecule has 1 aliphatic heterocycles. The van der Waals surface area contributed by atoms with Crippen molar-refractivity contribution in [2.45, 2.75) is 31.9 Å². The first-order valence-electron chi connectivity index (χ1n) is 6.98. The monoisotopic (exact) mass is 265 g/mol. The normalized spacial score (nSPS) is 18.2. The van der Waals surface area contributed by atoms with E-state index < -0.39 is 0 Å². The SMILES string of the molecule is CCOc1ccccc1C(N)COC1CCOCC1. The summed E-state index contributed by atoms with van der Waals surface area (Å²) in [5.74, 6) is 0.855. The van der Waals surface area contributed by atoms with Gasteiger partial charge in [0.25, 0.3) is 0 Å². The van der Waals surface area contributed by atoms with Gasteiger partial charge in [0.15, 0.2) is 0 Å². The van der Waals surface area contributed by atoms with Crippen molar-refractivity contribution in [2.75, 3.05) is 26.4 Å². The minimum Gasteiger partial charge on any atom is -0.494 e. The molecule has 1 heterocycles. The number of nitrogens with two attached hydrogens (primary N) is 1. The van der Waals surface area contributed by atoms with Gasteiger partial charge in [0.05, 0.1) is 25.4 Å². The number of rotatable bonds is 6. The average molecular weight is 265 g/mol. The molecule has 1 saturated heterocycles. The fourth-order valence-corrected chi connectivity index (χ4v) is 2.25. The summed E-state index contributed by atoms with van der Waals surface area (Å²) in [5.41, 5.74) is 7.22. The van der Waals surface area contributed by atoms with Crippen molar-refractivity contribution >= 4 is 0 Å². The summed E-state index contributed by atoms with van der Waals surface area (Å²) in [4.78, 5) is 0. The van der Waals surface area contributed by atoms with E-state index in [2.05, 4.69) is 0 Å². The fraction of sp³-hybridized carbons (Fsp3) is 0.600. The van der Waals surface area contributed by atoms with E-state index in [0.29, 0.717) is 13.2 Å². The van der Waals surface area contributed by atoms with Crippen LogP contribution in [0.2, 0.25) is 0 Å². The highest BCUT2D eigenvalue weighted by Gasteiger charge is 2.17. The number of hydrogen-bond acceptors (Lipinski definition) is 4. The molecule has 2 rings (SSSR count). The Morgan fingerprint density at radius 1 is 1.32 bits per heavy atom. The number of ether oxygens (including phenoxy) is 3. The first kappa shape index (κ1) is 14.3. The van der Waals surface area contributed by atoms with Crippen molar-refractivity contribution in [2.24, 2.45) is 5.73 Å². The molecule has 1 atom stereocenters. The lowest BCUT2D eigenvalue weighted by atomic mass is 10.1. The van der Waals surface area contributed by atoms with Crippen molar-refractivity contribution in [3.8, 4) is 5.75 Å². The van der Waals surface area contributed by atoms with E-state index in [1.165, 1.54) is 0 Å². The molecule has 0 aliphatic carbocycles. The van der Waals surface area contributed by atoms with Crippen LogP contribution in [0.25, 0.3) is 0 Å². The van der Waals surface area contributed by atoms with Gasteiger partial charge in [-0.25, -0.2) is 0 Å². The van der Waals surface area contributed by atoms with Gasteiger partial charge in [0, 0.05) is 18.8 Å². The Bertz CT molecular complexity index is 377. The Morgan fingerprint density at radius 3 is 2.79 bits per heavy atom. The summed E-state index contributed by atoms with van der Waals surface area (Å²) in [6.07, 6.45) is 2.19. The minimum absolute atomic E-state index is 0.148. The van der Waals surface area contributed by atoms with Gasteiger partial charge < -0.3 is 19.9 Å². The molecule has 0 saturated carbocycles. The van der Waals surface area contributed by atoms with E-state index in [0.717, 1.165) is 37.4 Å². The first-order valence-corrected chi connectivity index (χ1v) is 6.98. The van der Waals surface area contributed by atoms with Crippen LogP contribution in [0.3, 0.4) is 0 Å². The van der Waals surface area contributed by atoms with E-state index >= 15 is 0 Å². The highest BCUT2D eigenvalue weighted by Crippen LogP contribution is 2.24. The first-order chi connectivity index (χ1) is 9.31. The van der Waals surface area contributed by atoms with E-state index in [-0.39, 0.29) is 12.1 Å². The lowest BCUT2D eigenvalue weighted by Crippen LogP contribution is -2.27. The highest BCUT2D eigenvalue weighted by molar-refractivity contribution is 5.35. The molecule has 1 aromatic rings. The maximum Gasteiger partial charge on any atom is 0.124 e. The Hall–Kier alpha value is -1.10. The fourth-order valence-electron chi connectivity index (χ4n) is 2.25. The van der Waals surface area contributed by atoms with Crippen molar-refractivity contribution in [3.63, 3.8) is 0 Å². The summed E-state index contributed by atoms with van der Waals surface area (Å²) >= 11 is 0. The van der Waals surface area contributed by atoms with Crippen molar-refractivity contribution < 1.29 is 14.2 Å². The Balaban J connectivity index is 1.89. The molecule has 1 unspecified atom stereocenters. The van der Waals surface area contributed by atoms with Gasteiger partial charge in [0.2, 0.25) is 0 Å². The van der Waals surface area contributed by atoms with Crippen LogP contribution < -0.4 is 10.5 Å². The van der Waals surface area contributed by atoms with Gasteiger partial charge in [-0.3, -0.25) is 0 Å². The third-order valence-corrected chi connectivity index (χ3v) is 3.30. The minimum atomic E-state index is -0.148. The second-order valence-electron chi connectivity index (χ2n) is 4.72. The summed E-state index contributed by atoms with van der Waals surface area (Å²) in [7, 11) is 0. The molecule has 1 aliphatic rings. The third-order valence-electron chi connectivity index (χ3n) is 3.30. The van der Waals surface area contributed by atoms with Crippen LogP contribution in [0, 0.1) is 0 Å². The predicted molar refractivity (Wildman–Crippen MR) is 74.3 cm³/mol. The van der Waals surface area contributed by atoms with Crippen molar-refractivity contribution in [1.29, 1.82) is 0 Å². The van der Waals surface area contributed by atoms with Crippen LogP contribution in [-0.4, -0.2) is 32.5 Å². The van der Waals surface area contributed by atoms with E-state index in [9.17, 15) is 0 Å². The van der Waals surface area contributed by atoms with Gasteiger partial charge in [-0.1, -0.05) is 18.2 Å². The number of benzene rings is 1. The third kappa shape index (κ3) is 4.20. The van der Waals surface area contributed by atoms with Crippen molar-refractivity contribution in [1.82, 2.24) is 0 Å². The number of para-hydroxylation sites is 1. The maximum absolute atomic E-state index is 6.21. The molecular weight excluding hydrogens is 242 g/mol. The number of hydrogen-bond donors (Lipinski definition) is 1. The van der Waals surface area contributed by atoms with E-state index in [4.69, 9.17) is 19.9 Å². The molecule has 1 aromatic carbocycles. The second-order valence-corrected chi connectivity index (χ2v) is 4.72. The average Bonchev–Trinajstić information content (AvgIpc) is 2.47. The molecular formula is C15H23NO3. The topological polar surface area (TPSA) is 53.7 Å². The Kier molecular flexibility index (Phi) is 5.63. The molecule has 0 spiro atoms. The standard InChI is InChI=1S/C15H23NO3/c1-2-18-15-6-4-3-5-13(15)14(16)11-19-12-7-9-17-10-8-12/h3-6,12,14H,2,7-11,16H2,1H3. The zero-order valence-electron chi connectivity index (χ0n) is 11.5. The highest BCUT2D eigenvalue weighted by atomic mass is 16.5. The molecule has 2 N–H and O–H groups in total. The van der Waals surface area contributed by atoms with Gasteiger partial charge in [-0.2, -0.15) is 0 Å². The zero-order valence-corrected chi connectivity index (χ0v) is 11.5. The lowest BCUT2D eigenvalue weighted by molar-refractivity contribution is -0.0359. The van der Waals surface area contributed by atoms with Crippen LogP contribution >= 0.6 is 0 Å². The van der Waals surface area contributed by atoms with Crippen molar-refractivity contribution in [3.05, 3.63) is 29.8 Å². The van der Waals surface area contributed by atoms with Crippen LogP contribution in [0.1, 0.15) is 31.4 Å². The zero-order chi connectivity index (χ0) is 13.5. The van der Waals surface area contributed by atoms with E-state index in [1.807, 2.05) is 31.2 Å². The van der Waals surface area contributed by atoms with Gasteiger partial charge in [0.1, 0.15) is 5.75 Å². The smallest absolute Gasteiger partial charge is 0.124 e. The molecule has 0 bridgehead atoms. The molecule has 4 heteroatoms. The lowest BCUT2D eigenvalue weighted by Gasteiger charge is -2.24. The predicted octanol–water partition coefficient (Wildman–Crippen LogP) is 2.28. The summed E-state index contributed by atoms with van der Waals surface area (Å²) in [6.45, 7) is 4.71. The summed E-state index contributed by atoms with van der Waals surface area (Å²) < 4.78 is 16.8. The molecule has 4 nitrogen and oxygen atoms in total. The molecule has 0 aromatic heterocycles. The van der Waals surface area contributed by atoms with Gasteiger partial charge >= 0.3 is 0 Å². The molecule has 106 valence electrons. The quantitative estimate of drug-likeness (QED) is 0.857. The van der Waals surface area contributed by atoms with Crippen LogP contribution in [0.5, 0.6) is 5.75 Å². The summed E-state index contributed by atoms with van der Waals surface area (Å²) in [6, 6.07) is 7.74. The second kappa shape index (κ2) is 7.48. The van der Waals surface area contributed by atoms with Crippen LogP contribution in [0.15, 0.2) is 24.3 Å². The molecule has 1 fully saturated rings. The largest absolute Gasteiger partial charge is 0.494 e. The van der Waals surface area contributed by atoms with E-state index in [1.54, 1.807) is 0 Å². The van der Waals surface area contributed by atoms with Gasteiger partial charge in [-0.05, 0) is 25.8 Å². The molecule has 19 heavy (non-hydrogen) atoms. The molecule has 0 radical (unpaired) electrons. The van der Waals surface area contributed by atoms with Crippen LogP contribution in [0.4, 0.5) is 0 Å². The Labute approximate surface area is 114 Å². The van der Waals surface area contributed by atoms with Crippen LogP contribution in [-0.2, 0) is 9.47 Å². The Morgan fingerprint density at radius 2 is 2.05 bits per heavy atom. The van der Waals surface area contributed by atoms with Gasteiger partial charge in [-0.15, -0.1) is 0 Å². The molecule has 0 amide bonds. The summed E-state index contributed by atoms with van der Waals surface area (Å²) in [5, 5.41) is 0. The maximum atomic E-state index is 6.21.